The molecule has 1 aromatic rings. The molecule has 0 amide bonds. The zero-order valence-electron chi connectivity index (χ0n) is 10.4. The average molecular weight is 332 g/mol. The minimum Gasteiger partial charge on any atom is -0.387 e. The van der Waals surface area contributed by atoms with Crippen LogP contribution in [0.5, 0.6) is 0 Å². The fraction of sp³-hybridized carbons (Fsp3) is 0.692. The van der Waals surface area contributed by atoms with Gasteiger partial charge in [0.25, 0.3) is 0 Å². The zero-order valence-corrected chi connectivity index (χ0v) is 12.8. The van der Waals surface area contributed by atoms with Crippen LogP contribution in [-0.4, -0.2) is 23.9 Å². The third-order valence-electron chi connectivity index (χ3n) is 4.43. The van der Waals surface area contributed by atoms with Crippen molar-refractivity contribution in [1.29, 1.82) is 0 Å². The maximum atomic E-state index is 10.8. The molecule has 3 heterocycles. The fourth-order valence-corrected chi connectivity index (χ4v) is 5.02. The molecular formula is C13H18BrNO2S. The Kier molecular flexibility index (Phi) is 3.31. The van der Waals surface area contributed by atoms with E-state index in [4.69, 9.17) is 10.5 Å². The van der Waals surface area contributed by atoms with Gasteiger partial charge >= 0.3 is 0 Å². The van der Waals surface area contributed by atoms with Gasteiger partial charge in [-0.1, -0.05) is 0 Å². The van der Waals surface area contributed by atoms with E-state index in [1.165, 1.54) is 4.88 Å². The molecule has 0 aliphatic carbocycles. The Morgan fingerprint density at radius 3 is 2.89 bits per heavy atom. The Labute approximate surface area is 119 Å². The van der Waals surface area contributed by atoms with Crippen LogP contribution in [0.3, 0.4) is 0 Å². The summed E-state index contributed by atoms with van der Waals surface area (Å²) in [5, 5.41) is 10.8. The van der Waals surface area contributed by atoms with E-state index in [2.05, 4.69) is 22.9 Å². The number of fused-ring (bicyclic) bond motifs is 2. The number of aryl methyl sites for hydroxylation is 1. The summed E-state index contributed by atoms with van der Waals surface area (Å²) in [7, 11) is 0. The Hall–Kier alpha value is 0.0600. The van der Waals surface area contributed by atoms with Crippen molar-refractivity contribution in [2.75, 3.05) is 6.54 Å². The van der Waals surface area contributed by atoms with E-state index in [0.29, 0.717) is 12.6 Å². The second-order valence-electron chi connectivity index (χ2n) is 5.42. The molecule has 2 aliphatic heterocycles. The van der Waals surface area contributed by atoms with E-state index >= 15 is 0 Å². The lowest BCUT2D eigenvalue weighted by Gasteiger charge is -2.38. The smallest absolute Gasteiger partial charge is 0.0976 e. The van der Waals surface area contributed by atoms with Gasteiger partial charge in [-0.2, -0.15) is 0 Å². The SMILES string of the molecule is Cc1sc(C(O)C2(CN)CC3CCC2O3)cc1Br. The Morgan fingerprint density at radius 1 is 1.67 bits per heavy atom. The molecular weight excluding hydrogens is 314 g/mol. The highest BCUT2D eigenvalue weighted by Gasteiger charge is 2.56. The molecule has 3 N–H and O–H groups in total. The molecule has 3 nitrogen and oxygen atoms in total. The Morgan fingerprint density at radius 2 is 2.44 bits per heavy atom. The van der Waals surface area contributed by atoms with Gasteiger partial charge in [0.05, 0.1) is 18.3 Å². The molecule has 1 aromatic heterocycles. The molecule has 100 valence electrons. The van der Waals surface area contributed by atoms with Crippen molar-refractivity contribution >= 4 is 27.3 Å². The quantitative estimate of drug-likeness (QED) is 0.895. The largest absolute Gasteiger partial charge is 0.387 e. The normalized spacial score (nSPS) is 36.2. The number of thiophene rings is 1. The summed E-state index contributed by atoms with van der Waals surface area (Å²) in [5.41, 5.74) is 5.71. The van der Waals surface area contributed by atoms with Crippen LogP contribution in [0.4, 0.5) is 0 Å². The van der Waals surface area contributed by atoms with Crippen LogP contribution in [0, 0.1) is 12.3 Å². The van der Waals surface area contributed by atoms with Crippen molar-refractivity contribution in [2.24, 2.45) is 11.1 Å². The summed E-state index contributed by atoms with van der Waals surface area (Å²) in [5.74, 6) is 0. The second-order valence-corrected chi connectivity index (χ2v) is 7.56. The summed E-state index contributed by atoms with van der Waals surface area (Å²) >= 11 is 5.15. The van der Waals surface area contributed by atoms with Crippen molar-refractivity contribution in [2.45, 2.75) is 44.5 Å². The predicted octanol–water partition coefficient (Wildman–Crippen LogP) is 2.75. The summed E-state index contributed by atoms with van der Waals surface area (Å²) in [6, 6.07) is 2.02. The van der Waals surface area contributed by atoms with Gasteiger partial charge in [-0.3, -0.25) is 0 Å². The maximum absolute atomic E-state index is 10.8. The number of ether oxygens (including phenoxy) is 1. The van der Waals surface area contributed by atoms with Gasteiger partial charge in [0.1, 0.15) is 0 Å². The van der Waals surface area contributed by atoms with Crippen molar-refractivity contribution in [3.05, 3.63) is 20.3 Å². The van der Waals surface area contributed by atoms with Gasteiger partial charge in [-0.05, 0) is 48.2 Å². The van der Waals surface area contributed by atoms with E-state index in [9.17, 15) is 5.11 Å². The van der Waals surface area contributed by atoms with Gasteiger partial charge in [-0.25, -0.2) is 0 Å². The lowest BCUT2D eigenvalue weighted by molar-refractivity contribution is -0.0245. The lowest BCUT2D eigenvalue weighted by atomic mass is 9.69. The molecule has 0 radical (unpaired) electrons. The molecule has 2 aliphatic rings. The van der Waals surface area contributed by atoms with E-state index in [1.54, 1.807) is 11.3 Å². The maximum Gasteiger partial charge on any atom is 0.0976 e. The highest BCUT2D eigenvalue weighted by molar-refractivity contribution is 9.10. The lowest BCUT2D eigenvalue weighted by Crippen LogP contribution is -2.44. The first kappa shape index (κ1) is 13.1. The molecule has 2 bridgehead atoms. The summed E-state index contributed by atoms with van der Waals surface area (Å²) in [6.45, 7) is 2.54. The van der Waals surface area contributed by atoms with Crippen molar-refractivity contribution in [1.82, 2.24) is 0 Å². The molecule has 18 heavy (non-hydrogen) atoms. The molecule has 0 saturated carbocycles. The number of halogens is 1. The first-order valence-corrected chi connectivity index (χ1v) is 7.97. The fourth-order valence-electron chi connectivity index (χ4n) is 3.35. The minimum atomic E-state index is -0.507. The van der Waals surface area contributed by atoms with Gasteiger partial charge < -0.3 is 15.6 Å². The molecule has 3 rings (SSSR count). The topological polar surface area (TPSA) is 55.5 Å². The average Bonchev–Trinajstić information content (AvgIpc) is 3.04. The molecule has 2 fully saturated rings. The highest BCUT2D eigenvalue weighted by Crippen LogP contribution is 2.54. The van der Waals surface area contributed by atoms with Crippen molar-refractivity contribution < 1.29 is 9.84 Å². The van der Waals surface area contributed by atoms with E-state index in [1.807, 2.05) is 6.07 Å². The van der Waals surface area contributed by atoms with Gasteiger partial charge in [0, 0.05) is 26.2 Å². The summed E-state index contributed by atoms with van der Waals surface area (Å²) in [6.07, 6.45) is 2.97. The van der Waals surface area contributed by atoms with Gasteiger partial charge in [0.2, 0.25) is 0 Å². The number of aliphatic hydroxyl groups excluding tert-OH is 1. The molecule has 2 saturated heterocycles. The van der Waals surface area contributed by atoms with Crippen LogP contribution in [0.25, 0.3) is 0 Å². The van der Waals surface area contributed by atoms with Crippen LogP contribution in [0.15, 0.2) is 10.5 Å². The highest BCUT2D eigenvalue weighted by atomic mass is 79.9. The van der Waals surface area contributed by atoms with Gasteiger partial charge in [0.15, 0.2) is 0 Å². The first-order valence-electron chi connectivity index (χ1n) is 6.36. The van der Waals surface area contributed by atoms with Crippen molar-refractivity contribution in [3.63, 3.8) is 0 Å². The first-order chi connectivity index (χ1) is 8.56. The van der Waals surface area contributed by atoms with E-state index < -0.39 is 6.10 Å². The summed E-state index contributed by atoms with van der Waals surface area (Å²) in [4.78, 5) is 2.20. The predicted molar refractivity (Wildman–Crippen MR) is 75.7 cm³/mol. The van der Waals surface area contributed by atoms with Crippen LogP contribution in [0.2, 0.25) is 0 Å². The Balaban J connectivity index is 1.92. The Bertz CT molecular complexity index is 444. The van der Waals surface area contributed by atoms with Crippen LogP contribution in [0.1, 0.15) is 35.1 Å². The molecule has 5 heteroatoms. The molecule has 0 spiro atoms. The number of hydrogen-bond acceptors (Lipinski definition) is 4. The van der Waals surface area contributed by atoms with Crippen LogP contribution in [-0.2, 0) is 4.74 Å². The number of rotatable bonds is 3. The standard InChI is InChI=1S/C13H18BrNO2S/c1-7-9(14)4-10(18-7)12(16)13(6-15)5-8-2-3-11(13)17-8/h4,8,11-12,16H,2-3,5-6,15H2,1H3. The summed E-state index contributed by atoms with van der Waals surface area (Å²) < 4.78 is 6.98. The van der Waals surface area contributed by atoms with Crippen LogP contribution >= 0.6 is 27.3 Å². The zero-order chi connectivity index (χ0) is 12.9. The number of nitrogens with two attached hydrogens (primary N) is 1. The monoisotopic (exact) mass is 331 g/mol. The van der Waals surface area contributed by atoms with E-state index in [0.717, 1.165) is 28.6 Å². The van der Waals surface area contributed by atoms with E-state index in [-0.39, 0.29) is 11.5 Å². The molecule has 4 atom stereocenters. The minimum absolute atomic E-state index is 0.128. The third-order valence-corrected chi connectivity index (χ3v) is 6.62. The van der Waals surface area contributed by atoms with Crippen molar-refractivity contribution in [3.8, 4) is 0 Å². The molecule has 0 aromatic carbocycles. The third kappa shape index (κ3) is 1.79. The van der Waals surface area contributed by atoms with Crippen LogP contribution < -0.4 is 5.73 Å². The number of aliphatic hydroxyl groups is 1. The van der Waals surface area contributed by atoms with Gasteiger partial charge in [-0.15, -0.1) is 11.3 Å². The second kappa shape index (κ2) is 4.56. The number of hydrogen-bond donors (Lipinski definition) is 2. The molecule has 4 unspecified atom stereocenters.